The molecule has 0 bridgehead atoms. The lowest BCUT2D eigenvalue weighted by Gasteiger charge is -2.08. The number of carbonyl (C=O) groups is 2. The van der Waals surface area contributed by atoms with Gasteiger partial charge in [0.2, 0.25) is 5.78 Å². The molecule has 0 aliphatic carbocycles. The molecule has 0 spiro atoms. The smallest absolute Gasteiger partial charge is 0.289 e. The van der Waals surface area contributed by atoms with Gasteiger partial charge in [0.1, 0.15) is 0 Å². The molecule has 0 saturated carbocycles. The highest BCUT2D eigenvalue weighted by molar-refractivity contribution is 6.35. The van der Waals surface area contributed by atoms with Crippen molar-refractivity contribution in [2.24, 2.45) is 0 Å². The summed E-state index contributed by atoms with van der Waals surface area (Å²) in [6, 6.07) is 0. The summed E-state index contributed by atoms with van der Waals surface area (Å²) in [6.45, 7) is 2.27. The normalized spacial score (nSPS) is 10.3. The average molecular weight is 362 g/mol. The van der Waals surface area contributed by atoms with E-state index in [1.165, 1.54) is 81.9 Å². The highest BCUT2D eigenvalue weighted by Gasteiger charge is 2.14. The van der Waals surface area contributed by atoms with Crippen LogP contribution >= 0.6 is 12.4 Å². The van der Waals surface area contributed by atoms with Crippen LogP contribution in [0.1, 0.15) is 103 Å². The SMILES string of the molecule is CCCCCCCCCCCCCCCCC(=O)C(=O)N(C)C.Cl. The Morgan fingerprint density at radius 2 is 0.958 bits per heavy atom. The van der Waals surface area contributed by atoms with Crippen LogP contribution in [-0.4, -0.2) is 30.7 Å². The van der Waals surface area contributed by atoms with Crippen LogP contribution in [0.5, 0.6) is 0 Å². The van der Waals surface area contributed by atoms with E-state index in [4.69, 9.17) is 0 Å². The molecular weight excluding hydrogens is 322 g/mol. The van der Waals surface area contributed by atoms with Gasteiger partial charge in [0.15, 0.2) is 0 Å². The number of carbonyl (C=O) groups excluding carboxylic acids is 2. The summed E-state index contributed by atoms with van der Waals surface area (Å²) in [4.78, 5) is 24.3. The summed E-state index contributed by atoms with van der Waals surface area (Å²) in [5.41, 5.74) is 0. The summed E-state index contributed by atoms with van der Waals surface area (Å²) >= 11 is 0. The molecule has 0 radical (unpaired) electrons. The number of Topliss-reactive ketones (excluding diaryl/α,β-unsaturated/α-hetero) is 1. The molecule has 0 rings (SSSR count). The lowest BCUT2D eigenvalue weighted by Crippen LogP contribution is -2.29. The van der Waals surface area contributed by atoms with E-state index < -0.39 is 0 Å². The van der Waals surface area contributed by atoms with Crippen molar-refractivity contribution in [2.75, 3.05) is 14.1 Å². The van der Waals surface area contributed by atoms with Crippen LogP contribution in [0.15, 0.2) is 0 Å². The number of rotatable bonds is 16. The van der Waals surface area contributed by atoms with Crippen LogP contribution in [-0.2, 0) is 9.59 Å². The van der Waals surface area contributed by atoms with E-state index in [1.54, 1.807) is 14.1 Å². The van der Waals surface area contributed by atoms with Gasteiger partial charge < -0.3 is 4.90 Å². The first-order valence-electron chi connectivity index (χ1n) is 9.84. The fourth-order valence-electron chi connectivity index (χ4n) is 2.84. The standard InChI is InChI=1S/C20H39NO2.ClH/c1-4-5-6-7-8-9-10-11-12-13-14-15-16-17-18-19(22)20(23)21(2)3;/h4-18H2,1-3H3;1H. The van der Waals surface area contributed by atoms with Crippen LogP contribution in [0.3, 0.4) is 0 Å². The van der Waals surface area contributed by atoms with Gasteiger partial charge in [-0.2, -0.15) is 0 Å². The van der Waals surface area contributed by atoms with Crippen molar-refractivity contribution in [3.05, 3.63) is 0 Å². The van der Waals surface area contributed by atoms with Crippen molar-refractivity contribution in [1.29, 1.82) is 0 Å². The number of hydrogen-bond acceptors (Lipinski definition) is 2. The zero-order valence-corrected chi connectivity index (χ0v) is 17.1. The summed E-state index contributed by atoms with van der Waals surface area (Å²) in [5.74, 6) is -0.603. The van der Waals surface area contributed by atoms with Crippen LogP contribution in [0.2, 0.25) is 0 Å². The Morgan fingerprint density at radius 1 is 0.625 bits per heavy atom. The number of likely N-dealkylation sites (N-methyl/N-ethyl adjacent to an activating group) is 1. The maximum absolute atomic E-state index is 11.5. The monoisotopic (exact) mass is 361 g/mol. The molecule has 0 fully saturated rings. The molecule has 0 unspecified atom stereocenters. The first-order chi connectivity index (χ1) is 11.1. The van der Waals surface area contributed by atoms with Gasteiger partial charge in [-0.25, -0.2) is 0 Å². The van der Waals surface area contributed by atoms with Crippen LogP contribution in [0.25, 0.3) is 0 Å². The lowest BCUT2D eigenvalue weighted by atomic mass is 10.0. The highest BCUT2D eigenvalue weighted by atomic mass is 35.5. The second kappa shape index (κ2) is 18.8. The van der Waals surface area contributed by atoms with Gasteiger partial charge in [-0.15, -0.1) is 12.4 Å². The Balaban J connectivity index is 0. The third kappa shape index (κ3) is 16.3. The maximum atomic E-state index is 11.5. The zero-order valence-electron chi connectivity index (χ0n) is 16.3. The second-order valence-electron chi connectivity index (χ2n) is 6.97. The quantitative estimate of drug-likeness (QED) is 0.252. The molecule has 1 amide bonds. The number of amides is 1. The predicted octanol–water partition coefficient (Wildman–Crippen LogP) is 5.94. The van der Waals surface area contributed by atoms with Crippen LogP contribution in [0, 0.1) is 0 Å². The number of hydrogen-bond donors (Lipinski definition) is 0. The van der Waals surface area contributed by atoms with Gasteiger partial charge in [-0.3, -0.25) is 9.59 Å². The highest BCUT2D eigenvalue weighted by Crippen LogP contribution is 2.13. The number of nitrogens with zero attached hydrogens (tertiary/aromatic N) is 1. The molecular formula is C20H40ClNO2. The fraction of sp³-hybridized carbons (Fsp3) is 0.900. The van der Waals surface area contributed by atoms with Crippen LogP contribution in [0.4, 0.5) is 0 Å². The molecule has 0 aromatic heterocycles. The van der Waals surface area contributed by atoms with Crippen molar-refractivity contribution >= 4 is 24.1 Å². The van der Waals surface area contributed by atoms with Crippen molar-refractivity contribution in [1.82, 2.24) is 4.90 Å². The molecule has 4 heteroatoms. The topological polar surface area (TPSA) is 37.4 Å². The molecule has 24 heavy (non-hydrogen) atoms. The maximum Gasteiger partial charge on any atom is 0.289 e. The van der Waals surface area contributed by atoms with Gasteiger partial charge in [0.25, 0.3) is 5.91 Å². The van der Waals surface area contributed by atoms with Gasteiger partial charge in [0.05, 0.1) is 0 Å². The molecule has 0 N–H and O–H groups in total. The molecule has 3 nitrogen and oxygen atoms in total. The van der Waals surface area contributed by atoms with E-state index in [1.807, 2.05) is 0 Å². The minimum Gasteiger partial charge on any atom is -0.342 e. The molecule has 0 aliphatic heterocycles. The largest absolute Gasteiger partial charge is 0.342 e. The van der Waals surface area contributed by atoms with Gasteiger partial charge in [-0.1, -0.05) is 90.4 Å². The summed E-state index contributed by atoms with van der Waals surface area (Å²) in [6.07, 6.45) is 18.6. The first kappa shape index (κ1) is 25.7. The Morgan fingerprint density at radius 3 is 1.29 bits per heavy atom. The molecule has 0 saturated heterocycles. The van der Waals surface area contributed by atoms with Crippen molar-refractivity contribution in [3.8, 4) is 0 Å². The first-order valence-corrected chi connectivity index (χ1v) is 9.84. The minimum absolute atomic E-state index is 0. The molecule has 0 aromatic rings. The number of ketones is 1. The second-order valence-corrected chi connectivity index (χ2v) is 6.97. The number of unbranched alkanes of at least 4 members (excludes halogenated alkanes) is 13. The third-order valence-electron chi connectivity index (χ3n) is 4.40. The Bertz CT molecular complexity index is 306. The van der Waals surface area contributed by atoms with E-state index in [-0.39, 0.29) is 24.1 Å². The summed E-state index contributed by atoms with van der Waals surface area (Å²) < 4.78 is 0. The van der Waals surface area contributed by atoms with Crippen molar-refractivity contribution < 1.29 is 9.59 Å². The van der Waals surface area contributed by atoms with Crippen molar-refractivity contribution in [2.45, 2.75) is 103 Å². The van der Waals surface area contributed by atoms with Gasteiger partial charge in [0, 0.05) is 20.5 Å². The van der Waals surface area contributed by atoms with Gasteiger partial charge >= 0.3 is 0 Å². The fourth-order valence-corrected chi connectivity index (χ4v) is 2.84. The molecule has 0 heterocycles. The number of halogens is 1. The van der Waals surface area contributed by atoms with Crippen molar-refractivity contribution in [3.63, 3.8) is 0 Å². The van der Waals surface area contributed by atoms with E-state index in [9.17, 15) is 9.59 Å². The van der Waals surface area contributed by atoms with Gasteiger partial charge in [-0.05, 0) is 6.42 Å². The summed E-state index contributed by atoms with van der Waals surface area (Å²) in [5, 5.41) is 0. The predicted molar refractivity (Wildman–Crippen MR) is 106 cm³/mol. The zero-order chi connectivity index (χ0) is 17.3. The molecule has 0 atom stereocenters. The Kier molecular flexibility index (Phi) is 20.1. The Labute approximate surface area is 156 Å². The average Bonchev–Trinajstić information content (AvgIpc) is 2.54. The van der Waals surface area contributed by atoms with Crippen LogP contribution < -0.4 is 0 Å². The molecule has 0 aliphatic rings. The lowest BCUT2D eigenvalue weighted by molar-refractivity contribution is -0.143. The minimum atomic E-state index is -0.361. The molecule has 0 aromatic carbocycles. The third-order valence-corrected chi connectivity index (χ3v) is 4.40. The molecule has 144 valence electrons. The van der Waals surface area contributed by atoms with E-state index >= 15 is 0 Å². The van der Waals surface area contributed by atoms with E-state index in [0.717, 1.165) is 12.8 Å². The Hall–Kier alpha value is -0.570. The summed E-state index contributed by atoms with van der Waals surface area (Å²) in [7, 11) is 3.26. The van der Waals surface area contributed by atoms with E-state index in [2.05, 4.69) is 6.92 Å². The van der Waals surface area contributed by atoms with E-state index in [0.29, 0.717) is 6.42 Å².